The molecule has 0 bridgehead atoms. The molecule has 1 aliphatic heterocycles. The largest absolute Gasteiger partial charge is 0.465 e. The summed E-state index contributed by atoms with van der Waals surface area (Å²) in [6.07, 6.45) is 0.832. The van der Waals surface area contributed by atoms with Crippen LogP contribution in [-0.2, 0) is 9.53 Å². The zero-order valence-electron chi connectivity index (χ0n) is 22.9. The van der Waals surface area contributed by atoms with Gasteiger partial charge in [0.1, 0.15) is 6.04 Å². The van der Waals surface area contributed by atoms with Gasteiger partial charge in [0.2, 0.25) is 5.91 Å². The van der Waals surface area contributed by atoms with Crippen molar-refractivity contribution in [2.45, 2.75) is 65.8 Å². The first-order chi connectivity index (χ1) is 17.4. The normalized spacial score (nSPS) is 18.0. The molecule has 37 heavy (non-hydrogen) atoms. The van der Waals surface area contributed by atoms with Gasteiger partial charge in [-0.2, -0.15) is 0 Å². The molecule has 200 valence electrons. The van der Waals surface area contributed by atoms with Crippen molar-refractivity contribution in [2.75, 3.05) is 20.2 Å². The summed E-state index contributed by atoms with van der Waals surface area (Å²) in [4.78, 5) is 41.1. The van der Waals surface area contributed by atoms with Crippen molar-refractivity contribution in [1.82, 2.24) is 10.2 Å². The number of rotatable bonds is 7. The predicted octanol–water partition coefficient (Wildman–Crippen LogP) is 6.05. The van der Waals surface area contributed by atoms with E-state index >= 15 is 0 Å². The van der Waals surface area contributed by atoms with Gasteiger partial charge in [-0.15, -0.1) is 0 Å². The Balaban J connectivity index is 1.77. The third-order valence-electron chi connectivity index (χ3n) is 7.38. The number of carbonyl (C=O) groups excluding carboxylic acids is 3. The Kier molecular flexibility index (Phi) is 9.06. The van der Waals surface area contributed by atoms with Gasteiger partial charge in [0.15, 0.2) is 0 Å². The number of methoxy groups -OCH3 is 1. The van der Waals surface area contributed by atoms with Gasteiger partial charge >= 0.3 is 5.97 Å². The van der Waals surface area contributed by atoms with E-state index in [1.807, 2.05) is 44.7 Å². The van der Waals surface area contributed by atoms with Crippen molar-refractivity contribution < 1.29 is 19.1 Å². The van der Waals surface area contributed by atoms with E-state index in [0.29, 0.717) is 35.2 Å². The van der Waals surface area contributed by atoms with E-state index in [-0.39, 0.29) is 29.1 Å². The van der Waals surface area contributed by atoms with Crippen LogP contribution < -0.4 is 5.32 Å². The van der Waals surface area contributed by atoms with Crippen LogP contribution in [0.3, 0.4) is 0 Å². The molecule has 0 aromatic heterocycles. The fourth-order valence-electron chi connectivity index (χ4n) is 5.28. The number of esters is 1. The quantitative estimate of drug-likeness (QED) is 0.446. The number of hydrogen-bond acceptors (Lipinski definition) is 4. The molecule has 2 amide bonds. The van der Waals surface area contributed by atoms with Gasteiger partial charge in [0.25, 0.3) is 5.91 Å². The fraction of sp³-hybridized carbons (Fsp3) is 0.500. The number of amides is 2. The number of nitrogens with zero attached hydrogens (tertiary/aromatic N) is 1. The molecule has 0 aliphatic carbocycles. The van der Waals surface area contributed by atoms with Gasteiger partial charge in [0.05, 0.1) is 12.7 Å². The van der Waals surface area contributed by atoms with Crippen molar-refractivity contribution in [2.24, 2.45) is 11.3 Å². The van der Waals surface area contributed by atoms with E-state index in [1.165, 1.54) is 12.7 Å². The predicted molar refractivity (Wildman–Crippen MR) is 147 cm³/mol. The Morgan fingerprint density at radius 3 is 2.24 bits per heavy atom. The van der Waals surface area contributed by atoms with E-state index < -0.39 is 12.0 Å². The second kappa shape index (κ2) is 11.7. The first-order valence-electron chi connectivity index (χ1n) is 12.9. The number of benzene rings is 2. The van der Waals surface area contributed by atoms with E-state index in [9.17, 15) is 14.4 Å². The molecule has 1 fully saturated rings. The highest BCUT2D eigenvalue weighted by Crippen LogP contribution is 2.42. The molecular weight excluding hydrogens is 488 g/mol. The topological polar surface area (TPSA) is 75.7 Å². The molecule has 1 heterocycles. The Morgan fingerprint density at radius 1 is 1.05 bits per heavy atom. The minimum Gasteiger partial charge on any atom is -0.465 e. The van der Waals surface area contributed by atoms with Gasteiger partial charge < -0.3 is 15.0 Å². The number of carbonyl (C=O) groups is 3. The highest BCUT2D eigenvalue weighted by Gasteiger charge is 2.40. The molecule has 1 saturated heterocycles. The summed E-state index contributed by atoms with van der Waals surface area (Å²) in [5, 5.41) is 3.65. The lowest BCUT2D eigenvalue weighted by Gasteiger charge is -2.45. The van der Waals surface area contributed by atoms with E-state index in [2.05, 4.69) is 31.3 Å². The van der Waals surface area contributed by atoms with Crippen molar-refractivity contribution in [3.05, 3.63) is 69.7 Å². The average molecular weight is 527 g/mol. The molecule has 7 heteroatoms. The van der Waals surface area contributed by atoms with Gasteiger partial charge in [-0.05, 0) is 65.0 Å². The van der Waals surface area contributed by atoms with E-state index in [0.717, 1.165) is 12.0 Å². The summed E-state index contributed by atoms with van der Waals surface area (Å²) >= 11 is 6.08. The number of ether oxygens (including phenoxy) is 1. The van der Waals surface area contributed by atoms with Crippen LogP contribution in [0.5, 0.6) is 0 Å². The standard InChI is InChI=1S/C30H39ClN2O4/c1-18(2)23-13-10-21(16-24(23)29(36)37-7)27(34)32-26(19(3)4)28(35)33-15-14-25(30(5,6)17-33)20-8-11-22(31)12-9-20/h8-13,16,18-19,25-26H,14-15,17H2,1-7H3,(H,32,34). The van der Waals surface area contributed by atoms with Crippen LogP contribution in [-0.4, -0.2) is 48.9 Å². The van der Waals surface area contributed by atoms with Crippen LogP contribution in [0.15, 0.2) is 42.5 Å². The molecule has 3 rings (SSSR count). The molecule has 0 saturated carbocycles. The van der Waals surface area contributed by atoms with Crippen LogP contribution in [0.4, 0.5) is 0 Å². The minimum absolute atomic E-state index is 0.0852. The summed E-state index contributed by atoms with van der Waals surface area (Å²) in [6.45, 7) is 13.4. The second-order valence-corrected chi connectivity index (χ2v) is 11.7. The highest BCUT2D eigenvalue weighted by atomic mass is 35.5. The molecule has 0 spiro atoms. The van der Waals surface area contributed by atoms with E-state index in [1.54, 1.807) is 18.2 Å². The molecule has 2 atom stereocenters. The van der Waals surface area contributed by atoms with Crippen LogP contribution in [0.2, 0.25) is 5.02 Å². The maximum absolute atomic E-state index is 13.7. The summed E-state index contributed by atoms with van der Waals surface area (Å²) in [7, 11) is 1.32. The lowest BCUT2D eigenvalue weighted by molar-refractivity contribution is -0.137. The summed E-state index contributed by atoms with van der Waals surface area (Å²) in [5.74, 6) is -0.669. The number of nitrogens with one attached hydrogen (secondary N) is 1. The second-order valence-electron chi connectivity index (χ2n) is 11.3. The summed E-state index contributed by atoms with van der Waals surface area (Å²) in [6, 6.07) is 12.3. The van der Waals surface area contributed by atoms with E-state index in [4.69, 9.17) is 16.3 Å². The Labute approximate surface area is 225 Å². The fourth-order valence-corrected chi connectivity index (χ4v) is 5.41. The number of halogens is 1. The van der Waals surface area contributed by atoms with Crippen molar-refractivity contribution >= 4 is 29.4 Å². The van der Waals surface area contributed by atoms with Gasteiger partial charge in [0, 0.05) is 23.7 Å². The molecule has 6 nitrogen and oxygen atoms in total. The number of hydrogen-bond donors (Lipinski definition) is 1. The molecule has 2 aromatic rings. The van der Waals surface area contributed by atoms with Gasteiger partial charge in [-0.3, -0.25) is 9.59 Å². The van der Waals surface area contributed by atoms with Gasteiger partial charge in [-0.25, -0.2) is 4.79 Å². The molecular formula is C30H39ClN2O4. The molecule has 1 N–H and O–H groups in total. The molecule has 1 aliphatic rings. The van der Waals surface area contributed by atoms with Crippen molar-refractivity contribution in [3.8, 4) is 0 Å². The minimum atomic E-state index is -0.679. The van der Waals surface area contributed by atoms with Crippen molar-refractivity contribution in [3.63, 3.8) is 0 Å². The van der Waals surface area contributed by atoms with Crippen LogP contribution in [0.25, 0.3) is 0 Å². The monoisotopic (exact) mass is 526 g/mol. The number of piperidine rings is 1. The Morgan fingerprint density at radius 2 is 1.70 bits per heavy atom. The Bertz CT molecular complexity index is 1140. The summed E-state index contributed by atoms with van der Waals surface area (Å²) in [5.41, 5.74) is 2.58. The molecule has 2 aromatic carbocycles. The lowest BCUT2D eigenvalue weighted by Crippen LogP contribution is -2.55. The van der Waals surface area contributed by atoms with Crippen LogP contribution >= 0.6 is 11.6 Å². The first kappa shape index (κ1) is 28.7. The zero-order valence-corrected chi connectivity index (χ0v) is 23.7. The van der Waals surface area contributed by atoms with Crippen LogP contribution in [0.1, 0.15) is 91.6 Å². The highest BCUT2D eigenvalue weighted by molar-refractivity contribution is 6.30. The SMILES string of the molecule is COC(=O)c1cc(C(=O)NC(C(=O)N2CCC(c3ccc(Cl)cc3)C(C)(C)C2)C(C)C)ccc1C(C)C. The maximum Gasteiger partial charge on any atom is 0.338 e. The first-order valence-corrected chi connectivity index (χ1v) is 13.3. The van der Waals surface area contributed by atoms with Crippen molar-refractivity contribution in [1.29, 1.82) is 0 Å². The third-order valence-corrected chi connectivity index (χ3v) is 7.63. The van der Waals surface area contributed by atoms with Crippen LogP contribution in [0, 0.1) is 11.3 Å². The smallest absolute Gasteiger partial charge is 0.338 e. The Hall–Kier alpha value is -2.86. The zero-order chi connectivity index (χ0) is 27.5. The van der Waals surface area contributed by atoms with Gasteiger partial charge in [-0.1, -0.05) is 71.3 Å². The molecule has 0 radical (unpaired) electrons. The summed E-state index contributed by atoms with van der Waals surface area (Å²) < 4.78 is 4.93. The maximum atomic E-state index is 13.7. The lowest BCUT2D eigenvalue weighted by atomic mass is 9.70. The average Bonchev–Trinajstić information content (AvgIpc) is 2.85. The molecule has 2 unspecified atom stereocenters. The third kappa shape index (κ3) is 6.53. The number of likely N-dealkylation sites (tertiary alicyclic amines) is 1.